The predicted octanol–water partition coefficient (Wildman–Crippen LogP) is 6.22. The van der Waals surface area contributed by atoms with Crippen LogP contribution in [0.15, 0.2) is 47.3 Å². The van der Waals surface area contributed by atoms with Gasteiger partial charge >= 0.3 is 0 Å². The molecule has 0 aromatic heterocycles. The van der Waals surface area contributed by atoms with Gasteiger partial charge in [0.25, 0.3) is 0 Å². The van der Waals surface area contributed by atoms with Gasteiger partial charge in [0.1, 0.15) is 0 Å². The molecule has 0 atom stereocenters. The first kappa shape index (κ1) is 17.4. The van der Waals surface area contributed by atoms with Crippen molar-refractivity contribution >= 4 is 29.6 Å². The van der Waals surface area contributed by atoms with Crippen LogP contribution in [0.2, 0.25) is 0 Å². The fourth-order valence-corrected chi connectivity index (χ4v) is 3.28. The molecule has 2 heteroatoms. The molecule has 0 amide bonds. The minimum Gasteiger partial charge on any atom is -0.397 e. The Morgan fingerprint density at radius 1 is 1.14 bits per heavy atom. The van der Waals surface area contributed by atoms with Crippen molar-refractivity contribution in [3.8, 4) is 0 Å². The van der Waals surface area contributed by atoms with E-state index in [1.54, 1.807) is 11.8 Å². The Morgan fingerprint density at radius 3 is 2.33 bits per heavy atom. The van der Waals surface area contributed by atoms with E-state index in [0.717, 1.165) is 34.6 Å². The molecule has 0 spiro atoms. The second-order valence-electron chi connectivity index (χ2n) is 4.53. The summed E-state index contributed by atoms with van der Waals surface area (Å²) in [5.74, 6) is 0. The van der Waals surface area contributed by atoms with E-state index in [4.69, 9.17) is 5.73 Å². The van der Waals surface area contributed by atoms with Gasteiger partial charge in [0.15, 0.2) is 0 Å². The number of hydrogen-bond acceptors (Lipinski definition) is 2. The lowest BCUT2D eigenvalue weighted by atomic mass is 10.00. The van der Waals surface area contributed by atoms with E-state index in [0.29, 0.717) is 0 Å². The zero-order chi connectivity index (χ0) is 15.8. The summed E-state index contributed by atoms with van der Waals surface area (Å²) in [5.41, 5.74) is 10.3. The van der Waals surface area contributed by atoms with Crippen molar-refractivity contribution in [2.75, 3.05) is 5.73 Å². The van der Waals surface area contributed by atoms with E-state index in [1.165, 1.54) is 10.5 Å². The summed E-state index contributed by atoms with van der Waals surface area (Å²) < 4.78 is 0. The van der Waals surface area contributed by atoms with Gasteiger partial charge in [-0.05, 0) is 37.0 Å². The van der Waals surface area contributed by atoms with Gasteiger partial charge in [0.05, 0.1) is 5.69 Å². The van der Waals surface area contributed by atoms with Crippen molar-refractivity contribution in [1.29, 1.82) is 0 Å². The highest BCUT2D eigenvalue weighted by Crippen LogP contribution is 2.38. The lowest BCUT2D eigenvalue weighted by Gasteiger charge is -2.15. The Labute approximate surface area is 133 Å². The summed E-state index contributed by atoms with van der Waals surface area (Å²) in [6.07, 6.45) is 12.5. The number of thioether (sulfide) groups is 1. The molecule has 1 aliphatic rings. The number of hydrogen-bond donors (Lipinski definition) is 1. The molecule has 1 aliphatic carbocycles. The molecule has 21 heavy (non-hydrogen) atoms. The molecule has 0 aliphatic heterocycles. The van der Waals surface area contributed by atoms with E-state index >= 15 is 0 Å². The minimum atomic E-state index is 0.792. The average Bonchev–Trinajstić information content (AvgIpc) is 2.53. The van der Waals surface area contributed by atoms with E-state index in [-0.39, 0.29) is 0 Å². The van der Waals surface area contributed by atoms with Crippen molar-refractivity contribution < 1.29 is 0 Å². The smallest absolute Gasteiger partial charge is 0.0535 e. The van der Waals surface area contributed by atoms with Crippen molar-refractivity contribution in [3.63, 3.8) is 0 Å². The Morgan fingerprint density at radius 2 is 1.81 bits per heavy atom. The lowest BCUT2D eigenvalue weighted by Crippen LogP contribution is -1.98. The topological polar surface area (TPSA) is 26.0 Å². The molecule has 0 heterocycles. The van der Waals surface area contributed by atoms with Crippen molar-refractivity contribution in [1.82, 2.24) is 0 Å². The maximum Gasteiger partial charge on any atom is 0.0535 e. The number of anilines is 1. The number of allylic oxidation sites excluding steroid dienone is 3. The summed E-state index contributed by atoms with van der Waals surface area (Å²) in [6, 6.07) is 2.13. The van der Waals surface area contributed by atoms with Crippen LogP contribution in [0.4, 0.5) is 5.69 Å². The normalized spacial score (nSPS) is 13.0. The molecule has 112 valence electrons. The predicted molar refractivity (Wildman–Crippen MR) is 99.4 cm³/mol. The largest absolute Gasteiger partial charge is 0.397 e. The molecule has 0 saturated carbocycles. The molecular formula is C19H25NS. The molecular weight excluding hydrogens is 274 g/mol. The van der Waals surface area contributed by atoms with E-state index in [2.05, 4.69) is 44.4 Å². The number of aryl methyl sites for hydroxylation is 1. The molecule has 0 saturated heterocycles. The highest BCUT2D eigenvalue weighted by molar-refractivity contribution is 8.03. The molecule has 2 N–H and O–H groups in total. The SMILES string of the molecule is C=Cc1c(C)cc(SC2=CCCC=C2)c(N)c1C=C.CC. The quantitative estimate of drug-likeness (QED) is 0.668. The summed E-state index contributed by atoms with van der Waals surface area (Å²) in [4.78, 5) is 2.36. The first-order valence-corrected chi connectivity index (χ1v) is 8.21. The minimum absolute atomic E-state index is 0.792. The second-order valence-corrected chi connectivity index (χ2v) is 5.64. The highest BCUT2D eigenvalue weighted by Gasteiger charge is 2.12. The molecule has 1 nitrogen and oxygen atoms in total. The zero-order valence-electron chi connectivity index (χ0n) is 13.3. The molecule has 0 radical (unpaired) electrons. The Balaban J connectivity index is 0.00000106. The van der Waals surface area contributed by atoms with Crippen molar-refractivity contribution in [3.05, 3.63) is 59.0 Å². The monoisotopic (exact) mass is 299 g/mol. The summed E-state index contributed by atoms with van der Waals surface area (Å²) in [7, 11) is 0. The van der Waals surface area contributed by atoms with Crippen LogP contribution in [0.5, 0.6) is 0 Å². The van der Waals surface area contributed by atoms with Crippen LogP contribution in [-0.4, -0.2) is 0 Å². The van der Waals surface area contributed by atoms with Crippen LogP contribution in [0.3, 0.4) is 0 Å². The Hall–Kier alpha value is -1.67. The summed E-state index contributed by atoms with van der Waals surface area (Å²) in [5, 5.41) is 0. The van der Waals surface area contributed by atoms with Crippen LogP contribution in [0.25, 0.3) is 12.2 Å². The standard InChI is InChI=1S/C17H19NS.C2H6/c1-4-14-12(3)11-16(17(18)15(14)5-2)19-13-9-7-6-8-10-13;1-2/h4-5,7,9-11H,1-2,6,8,18H2,3H3;1-2H3. The van der Waals surface area contributed by atoms with Crippen LogP contribution in [0.1, 0.15) is 43.4 Å². The molecule has 2 rings (SSSR count). The first-order valence-electron chi connectivity index (χ1n) is 7.40. The van der Waals surface area contributed by atoms with E-state index in [9.17, 15) is 0 Å². The average molecular weight is 299 g/mol. The highest BCUT2D eigenvalue weighted by atomic mass is 32.2. The third-order valence-corrected chi connectivity index (χ3v) is 4.31. The number of nitrogens with two attached hydrogens (primary N) is 1. The lowest BCUT2D eigenvalue weighted by molar-refractivity contribution is 1.03. The fraction of sp³-hybridized carbons (Fsp3) is 0.263. The number of benzene rings is 1. The van der Waals surface area contributed by atoms with E-state index in [1.807, 2.05) is 26.0 Å². The summed E-state index contributed by atoms with van der Waals surface area (Å²) in [6.45, 7) is 13.8. The first-order chi connectivity index (χ1) is 10.2. The van der Waals surface area contributed by atoms with Crippen molar-refractivity contribution in [2.45, 2.75) is 38.5 Å². The molecule has 0 bridgehead atoms. The Bertz CT molecular complexity index is 580. The third-order valence-electron chi connectivity index (χ3n) is 3.22. The van der Waals surface area contributed by atoms with Crippen molar-refractivity contribution in [2.24, 2.45) is 0 Å². The van der Waals surface area contributed by atoms with Gasteiger partial charge in [-0.1, -0.05) is 69.1 Å². The maximum atomic E-state index is 6.27. The molecule has 0 fully saturated rings. The van der Waals surface area contributed by atoms with Gasteiger partial charge in [0, 0.05) is 15.4 Å². The van der Waals surface area contributed by atoms with Crippen LogP contribution >= 0.6 is 11.8 Å². The van der Waals surface area contributed by atoms with Gasteiger partial charge in [-0.25, -0.2) is 0 Å². The molecule has 0 unspecified atom stereocenters. The maximum absolute atomic E-state index is 6.27. The van der Waals surface area contributed by atoms with Crippen LogP contribution in [-0.2, 0) is 0 Å². The molecule has 1 aromatic rings. The van der Waals surface area contributed by atoms with Gasteiger partial charge < -0.3 is 5.73 Å². The van der Waals surface area contributed by atoms with Gasteiger partial charge in [-0.3, -0.25) is 0 Å². The third kappa shape index (κ3) is 4.15. The summed E-state index contributed by atoms with van der Waals surface area (Å²) >= 11 is 1.72. The van der Waals surface area contributed by atoms with Crippen LogP contribution < -0.4 is 5.73 Å². The number of rotatable bonds is 4. The fourth-order valence-electron chi connectivity index (χ4n) is 2.21. The second kappa shape index (κ2) is 8.58. The number of nitrogen functional groups attached to an aromatic ring is 1. The van der Waals surface area contributed by atoms with Crippen LogP contribution in [0, 0.1) is 6.92 Å². The Kier molecular flexibility index (Phi) is 7.10. The van der Waals surface area contributed by atoms with E-state index < -0.39 is 0 Å². The molecule has 1 aromatic carbocycles. The zero-order valence-corrected chi connectivity index (χ0v) is 14.1. The van der Waals surface area contributed by atoms with Gasteiger partial charge in [-0.2, -0.15) is 0 Å². The van der Waals surface area contributed by atoms with Gasteiger partial charge in [0.2, 0.25) is 0 Å². The van der Waals surface area contributed by atoms with Gasteiger partial charge in [-0.15, -0.1) is 0 Å².